The summed E-state index contributed by atoms with van der Waals surface area (Å²) in [5.41, 5.74) is 3.28. The lowest BCUT2D eigenvalue weighted by Gasteiger charge is -2.38. The number of carbonyl (C=O) groups is 3. The molecule has 1 atom stereocenters. The number of rotatable bonds is 12. The van der Waals surface area contributed by atoms with Crippen LogP contribution in [0.4, 0.5) is 14.5 Å². The highest BCUT2D eigenvalue weighted by molar-refractivity contribution is 6.31. The number of hydrogen-bond donors (Lipinski definition) is 2. The van der Waals surface area contributed by atoms with E-state index < -0.39 is 25.0 Å². The van der Waals surface area contributed by atoms with Gasteiger partial charge in [-0.3, -0.25) is 14.5 Å². The monoisotopic (exact) mass is 610 g/mol. The van der Waals surface area contributed by atoms with Crippen molar-refractivity contribution in [3.63, 3.8) is 0 Å². The first-order valence-electron chi connectivity index (χ1n) is 14.2. The first-order valence-corrected chi connectivity index (χ1v) is 14.6. The zero-order valence-corrected chi connectivity index (χ0v) is 24.2. The van der Waals surface area contributed by atoms with Crippen LogP contribution >= 0.6 is 11.6 Å². The molecule has 43 heavy (non-hydrogen) atoms. The molecule has 0 spiro atoms. The van der Waals surface area contributed by atoms with Crippen LogP contribution in [0.15, 0.2) is 72.8 Å². The van der Waals surface area contributed by atoms with Gasteiger partial charge >= 0.3 is 5.97 Å². The maximum Gasteiger partial charge on any atom is 0.338 e. The summed E-state index contributed by atoms with van der Waals surface area (Å²) in [5.74, 6) is -0.849. The molecule has 0 aromatic heterocycles. The minimum atomic E-state index is -2.45. The molecule has 1 aliphatic heterocycles. The van der Waals surface area contributed by atoms with Crippen LogP contribution in [-0.2, 0) is 34.0 Å². The van der Waals surface area contributed by atoms with Gasteiger partial charge in [-0.15, -0.1) is 0 Å². The summed E-state index contributed by atoms with van der Waals surface area (Å²) in [6.07, 6.45) is -0.745. The van der Waals surface area contributed by atoms with E-state index in [0.717, 1.165) is 24.0 Å². The van der Waals surface area contributed by atoms with Crippen LogP contribution in [0.3, 0.4) is 0 Å². The second-order valence-corrected chi connectivity index (χ2v) is 11.1. The molecule has 1 saturated carbocycles. The van der Waals surface area contributed by atoms with Crippen LogP contribution in [0, 0.1) is 0 Å². The zero-order valence-electron chi connectivity index (χ0n) is 23.5. The van der Waals surface area contributed by atoms with Crippen molar-refractivity contribution in [3.8, 4) is 0 Å². The second kappa shape index (κ2) is 14.1. The van der Waals surface area contributed by atoms with E-state index >= 15 is 0 Å². The average Bonchev–Trinajstić information content (AvgIpc) is 3.86. The molecule has 2 amide bonds. The summed E-state index contributed by atoms with van der Waals surface area (Å²) >= 11 is 6.50. The first-order chi connectivity index (χ1) is 20.8. The van der Waals surface area contributed by atoms with Gasteiger partial charge in [0.15, 0.2) is 0 Å². The van der Waals surface area contributed by atoms with Crippen molar-refractivity contribution in [1.82, 2.24) is 15.5 Å². The van der Waals surface area contributed by atoms with Gasteiger partial charge in [-0.1, -0.05) is 54.1 Å². The van der Waals surface area contributed by atoms with Crippen LogP contribution < -0.4 is 15.5 Å². The molecule has 11 heteroatoms. The Morgan fingerprint density at radius 1 is 1.05 bits per heavy atom. The smallest absolute Gasteiger partial charge is 0.338 e. The predicted octanol–water partition coefficient (Wildman–Crippen LogP) is 4.55. The number of ether oxygens (including phenoxy) is 1. The summed E-state index contributed by atoms with van der Waals surface area (Å²) in [5, 5.41) is 6.26. The molecule has 8 nitrogen and oxygen atoms in total. The molecule has 0 radical (unpaired) electrons. The highest BCUT2D eigenvalue weighted by Gasteiger charge is 2.41. The molecule has 1 saturated heterocycles. The van der Waals surface area contributed by atoms with Crippen molar-refractivity contribution < 1.29 is 27.9 Å². The number of benzene rings is 3. The van der Waals surface area contributed by atoms with Gasteiger partial charge in [0.2, 0.25) is 11.8 Å². The number of esters is 1. The summed E-state index contributed by atoms with van der Waals surface area (Å²) < 4.78 is 30.5. The third-order valence-electron chi connectivity index (χ3n) is 7.42. The van der Waals surface area contributed by atoms with Gasteiger partial charge in [-0.05, 0) is 59.9 Å². The Kier molecular flexibility index (Phi) is 10.0. The van der Waals surface area contributed by atoms with Crippen LogP contribution in [0.5, 0.6) is 0 Å². The summed E-state index contributed by atoms with van der Waals surface area (Å²) in [6.45, 7) is 0.540. The second-order valence-electron chi connectivity index (χ2n) is 10.7. The number of hydrogen-bond acceptors (Lipinski definition) is 6. The Balaban J connectivity index is 1.28. The van der Waals surface area contributed by atoms with Gasteiger partial charge in [0.25, 0.3) is 6.43 Å². The molecule has 3 aromatic carbocycles. The standard InChI is InChI=1S/C32H33ClF2N4O4/c33-27-13-8-22(15-36-17-29(34)35)14-24(27)19-38(25-11-12-25)31(41)28-16-37-18-30(40)39(28)26-9-6-21(7-10-26)20-43-32(42)23-4-2-1-3-5-23/h1-10,13-14,25,28-29,36-37H,11-12,15-20H2/t28-/m1/s1. The van der Waals surface area contributed by atoms with E-state index in [-0.39, 0.29) is 50.6 Å². The van der Waals surface area contributed by atoms with Crippen LogP contribution in [0.25, 0.3) is 0 Å². The van der Waals surface area contributed by atoms with Gasteiger partial charge in [-0.25, -0.2) is 13.6 Å². The Morgan fingerprint density at radius 3 is 2.47 bits per heavy atom. The maximum absolute atomic E-state index is 14.0. The lowest BCUT2D eigenvalue weighted by Crippen LogP contribution is -2.61. The lowest BCUT2D eigenvalue weighted by atomic mass is 10.1. The number of carbonyl (C=O) groups excluding carboxylic acids is 3. The SMILES string of the molecule is O=C(OCc1ccc(N2C(=O)CNC[C@@H]2C(=O)N(Cc2cc(CNCC(F)F)ccc2Cl)C2CC2)cc1)c1ccccc1. The van der Waals surface area contributed by atoms with Gasteiger partial charge in [-0.2, -0.15) is 0 Å². The lowest BCUT2D eigenvalue weighted by molar-refractivity contribution is -0.136. The van der Waals surface area contributed by atoms with Gasteiger partial charge in [0.05, 0.1) is 18.7 Å². The van der Waals surface area contributed by atoms with E-state index in [9.17, 15) is 23.2 Å². The third kappa shape index (κ3) is 7.95. The number of alkyl halides is 2. The van der Waals surface area contributed by atoms with E-state index in [1.165, 1.54) is 4.90 Å². The molecule has 1 aliphatic carbocycles. The number of nitrogens with one attached hydrogen (secondary N) is 2. The van der Waals surface area contributed by atoms with Crippen LogP contribution in [-0.4, -0.2) is 60.8 Å². The quantitative estimate of drug-likeness (QED) is 0.293. The molecule has 1 heterocycles. The fourth-order valence-corrected chi connectivity index (χ4v) is 5.26. The van der Waals surface area contributed by atoms with Crippen LogP contribution in [0.2, 0.25) is 5.02 Å². The van der Waals surface area contributed by atoms with Crippen molar-refractivity contribution in [1.29, 1.82) is 0 Å². The normalized spacial score (nSPS) is 16.8. The Hall–Kier alpha value is -3.86. The number of anilines is 1. The highest BCUT2D eigenvalue weighted by atomic mass is 35.5. The molecule has 226 valence electrons. The van der Waals surface area contributed by atoms with E-state index in [0.29, 0.717) is 21.8 Å². The minimum Gasteiger partial charge on any atom is -0.457 e. The molecule has 5 rings (SSSR count). The van der Waals surface area contributed by atoms with E-state index in [1.807, 2.05) is 12.1 Å². The van der Waals surface area contributed by atoms with Crippen molar-refractivity contribution in [2.24, 2.45) is 0 Å². The van der Waals surface area contributed by atoms with Gasteiger partial charge in [0.1, 0.15) is 12.6 Å². The molecular weight excluding hydrogens is 578 g/mol. The van der Waals surface area contributed by atoms with Gasteiger partial charge in [0, 0.05) is 36.4 Å². The molecule has 3 aromatic rings. The Labute approximate surface area is 253 Å². The fourth-order valence-electron chi connectivity index (χ4n) is 5.08. The van der Waals surface area contributed by atoms with Crippen LogP contribution in [0.1, 0.15) is 39.9 Å². The Bertz CT molecular complexity index is 1440. The van der Waals surface area contributed by atoms with Crippen molar-refractivity contribution in [3.05, 3.63) is 100 Å². The van der Waals surface area contributed by atoms with E-state index in [4.69, 9.17) is 16.3 Å². The molecule has 2 aliphatic rings. The molecular formula is C32H33ClF2N4O4. The maximum atomic E-state index is 14.0. The summed E-state index contributed by atoms with van der Waals surface area (Å²) in [6, 6.07) is 20.3. The number of amides is 2. The summed E-state index contributed by atoms with van der Waals surface area (Å²) in [7, 11) is 0. The first kappa shape index (κ1) is 30.6. The van der Waals surface area contributed by atoms with Crippen molar-refractivity contribution in [2.45, 2.75) is 51.0 Å². The predicted molar refractivity (Wildman–Crippen MR) is 159 cm³/mol. The third-order valence-corrected chi connectivity index (χ3v) is 7.79. The molecule has 0 bridgehead atoms. The fraction of sp³-hybridized carbons (Fsp3) is 0.344. The number of piperazine rings is 1. The topological polar surface area (TPSA) is 91.0 Å². The summed E-state index contributed by atoms with van der Waals surface area (Å²) in [4.78, 5) is 42.7. The average molecular weight is 611 g/mol. The highest BCUT2D eigenvalue weighted by Crippen LogP contribution is 2.32. The Morgan fingerprint density at radius 2 is 1.77 bits per heavy atom. The van der Waals surface area contributed by atoms with E-state index in [2.05, 4.69) is 10.6 Å². The van der Waals surface area contributed by atoms with Crippen molar-refractivity contribution >= 4 is 35.1 Å². The largest absolute Gasteiger partial charge is 0.457 e. The number of nitrogens with zero attached hydrogens (tertiary/aromatic N) is 2. The number of halogens is 3. The van der Waals surface area contributed by atoms with Crippen molar-refractivity contribution in [2.75, 3.05) is 24.5 Å². The molecule has 0 unspecified atom stereocenters. The van der Waals surface area contributed by atoms with E-state index in [1.54, 1.807) is 65.6 Å². The van der Waals surface area contributed by atoms with Gasteiger partial charge < -0.3 is 20.3 Å². The minimum absolute atomic E-state index is 0.0322. The zero-order chi connectivity index (χ0) is 30.3. The molecule has 2 fully saturated rings. The molecule has 2 N–H and O–H groups in total.